The maximum Gasteiger partial charge on any atom is 0.233 e. The van der Waals surface area contributed by atoms with Gasteiger partial charge in [-0.2, -0.15) is 4.98 Å². The summed E-state index contributed by atoms with van der Waals surface area (Å²) >= 11 is 6.51. The second-order valence-electron chi connectivity index (χ2n) is 4.46. The lowest BCUT2D eigenvalue weighted by atomic mass is 10.4. The largest absolute Gasteiger partial charge is 0.481 e. The molecule has 116 valence electrons. The third kappa shape index (κ3) is 5.08. The molecule has 0 radical (unpaired) electrons. The number of nitrogens with one attached hydrogen (secondary N) is 2. The highest BCUT2D eigenvalue weighted by molar-refractivity contribution is 7.99. The molecule has 0 amide bonds. The van der Waals surface area contributed by atoms with Gasteiger partial charge >= 0.3 is 0 Å². The normalized spacial score (nSPS) is 10.4. The molecule has 0 aliphatic heterocycles. The molecule has 0 saturated carbocycles. The van der Waals surface area contributed by atoms with Gasteiger partial charge in [0.25, 0.3) is 0 Å². The van der Waals surface area contributed by atoms with Crippen LogP contribution in [-0.4, -0.2) is 38.2 Å². The van der Waals surface area contributed by atoms with Gasteiger partial charge < -0.3 is 15.4 Å². The number of methoxy groups -OCH3 is 1. The van der Waals surface area contributed by atoms with Crippen molar-refractivity contribution in [3.63, 3.8) is 0 Å². The van der Waals surface area contributed by atoms with Crippen LogP contribution in [-0.2, 0) is 0 Å². The highest BCUT2D eigenvalue weighted by Crippen LogP contribution is 2.25. The summed E-state index contributed by atoms with van der Waals surface area (Å²) in [5, 5.41) is 7.71. The third-order valence-electron chi connectivity index (χ3n) is 2.27. The molecular formula is C13H16N6OS2. The van der Waals surface area contributed by atoms with Crippen molar-refractivity contribution in [2.45, 2.75) is 30.1 Å². The van der Waals surface area contributed by atoms with Gasteiger partial charge in [-0.15, -0.1) is 0 Å². The molecule has 2 N–H and O–H groups in total. The Labute approximate surface area is 138 Å². The van der Waals surface area contributed by atoms with Crippen molar-refractivity contribution in [3.8, 4) is 5.88 Å². The van der Waals surface area contributed by atoms with Crippen LogP contribution in [0.5, 0.6) is 5.88 Å². The Kier molecular flexibility index (Phi) is 5.84. The van der Waals surface area contributed by atoms with Gasteiger partial charge in [-0.3, -0.25) is 0 Å². The van der Waals surface area contributed by atoms with Gasteiger partial charge in [-0.25, -0.2) is 15.0 Å². The predicted molar refractivity (Wildman–Crippen MR) is 89.2 cm³/mol. The fourth-order valence-corrected chi connectivity index (χ4v) is 2.48. The number of rotatable bonds is 5. The lowest BCUT2D eigenvalue weighted by Crippen LogP contribution is -2.34. The van der Waals surface area contributed by atoms with E-state index in [1.807, 2.05) is 13.8 Å². The summed E-state index contributed by atoms with van der Waals surface area (Å²) in [6.45, 7) is 3.99. The lowest BCUT2D eigenvalue weighted by molar-refractivity contribution is 0.396. The Morgan fingerprint density at radius 3 is 2.64 bits per heavy atom. The topological polar surface area (TPSA) is 84.9 Å². The number of aromatic nitrogens is 4. The van der Waals surface area contributed by atoms with Crippen LogP contribution in [0.15, 0.2) is 34.7 Å². The predicted octanol–water partition coefficient (Wildman–Crippen LogP) is 2.12. The summed E-state index contributed by atoms with van der Waals surface area (Å²) in [5.41, 5.74) is 0. The molecule has 0 saturated heterocycles. The molecule has 7 nitrogen and oxygen atoms in total. The quantitative estimate of drug-likeness (QED) is 0.484. The van der Waals surface area contributed by atoms with Crippen LogP contribution in [0.1, 0.15) is 13.8 Å². The van der Waals surface area contributed by atoms with Crippen molar-refractivity contribution in [2.24, 2.45) is 0 Å². The summed E-state index contributed by atoms with van der Waals surface area (Å²) in [6, 6.07) is 3.69. The van der Waals surface area contributed by atoms with E-state index in [4.69, 9.17) is 17.0 Å². The second kappa shape index (κ2) is 7.85. The van der Waals surface area contributed by atoms with Crippen LogP contribution >= 0.6 is 24.0 Å². The average Bonchev–Trinajstić information content (AvgIpc) is 2.47. The van der Waals surface area contributed by atoms with Crippen LogP contribution in [0.25, 0.3) is 0 Å². The SMILES string of the molecule is COc1cc(Sc2ncccn2)nc(NC(=S)NC(C)C)n1. The molecule has 2 aromatic heterocycles. The Morgan fingerprint density at radius 1 is 1.27 bits per heavy atom. The minimum Gasteiger partial charge on any atom is -0.481 e. The van der Waals surface area contributed by atoms with E-state index in [1.54, 1.807) is 31.6 Å². The molecule has 2 aromatic rings. The van der Waals surface area contributed by atoms with Crippen LogP contribution in [0.2, 0.25) is 0 Å². The van der Waals surface area contributed by atoms with Crippen LogP contribution in [0, 0.1) is 0 Å². The van der Waals surface area contributed by atoms with Crippen molar-refractivity contribution in [3.05, 3.63) is 24.5 Å². The molecule has 22 heavy (non-hydrogen) atoms. The average molecular weight is 336 g/mol. The highest BCUT2D eigenvalue weighted by atomic mass is 32.2. The number of ether oxygens (including phenoxy) is 1. The zero-order valence-electron chi connectivity index (χ0n) is 12.4. The van der Waals surface area contributed by atoms with Crippen LogP contribution in [0.4, 0.5) is 5.95 Å². The Bertz CT molecular complexity index is 638. The molecule has 0 aliphatic carbocycles. The van der Waals surface area contributed by atoms with Gasteiger partial charge in [0.1, 0.15) is 5.03 Å². The van der Waals surface area contributed by atoms with Crippen LogP contribution in [0.3, 0.4) is 0 Å². The molecule has 0 aliphatic rings. The summed E-state index contributed by atoms with van der Waals surface area (Å²) < 4.78 is 5.19. The summed E-state index contributed by atoms with van der Waals surface area (Å²) in [4.78, 5) is 16.9. The molecule has 9 heteroatoms. The Hall–Kier alpha value is -2.00. The molecule has 0 bridgehead atoms. The van der Waals surface area contributed by atoms with E-state index in [1.165, 1.54) is 11.8 Å². The smallest absolute Gasteiger partial charge is 0.233 e. The lowest BCUT2D eigenvalue weighted by Gasteiger charge is -2.13. The van der Waals surface area contributed by atoms with Crippen molar-refractivity contribution >= 4 is 35.0 Å². The molecule has 2 rings (SSSR count). The first-order chi connectivity index (χ1) is 10.6. The van der Waals surface area contributed by atoms with Crippen molar-refractivity contribution in [1.82, 2.24) is 25.3 Å². The first-order valence-corrected chi connectivity index (χ1v) is 7.74. The van der Waals surface area contributed by atoms with Gasteiger partial charge in [0.15, 0.2) is 10.3 Å². The van der Waals surface area contributed by atoms with Crippen molar-refractivity contribution < 1.29 is 4.74 Å². The van der Waals surface area contributed by atoms with E-state index in [-0.39, 0.29) is 6.04 Å². The zero-order chi connectivity index (χ0) is 15.9. The van der Waals surface area contributed by atoms with Gasteiger partial charge in [-0.1, -0.05) is 0 Å². The molecule has 2 heterocycles. The van der Waals surface area contributed by atoms with E-state index >= 15 is 0 Å². The summed E-state index contributed by atoms with van der Waals surface area (Å²) in [6.07, 6.45) is 3.35. The standard InChI is InChI=1S/C13H16N6OS2/c1-8(2)16-12(21)19-11-17-9(20-3)7-10(18-11)22-13-14-5-4-6-15-13/h4-8H,1-3H3,(H2,16,17,18,19,21). The number of nitrogens with zero attached hydrogens (tertiary/aromatic N) is 4. The molecule has 0 fully saturated rings. The van der Waals surface area contributed by atoms with E-state index < -0.39 is 0 Å². The summed E-state index contributed by atoms with van der Waals surface area (Å²) in [5.74, 6) is 0.791. The number of hydrogen-bond acceptors (Lipinski definition) is 7. The number of thiocarbonyl (C=S) groups is 1. The zero-order valence-corrected chi connectivity index (χ0v) is 14.0. The maximum absolute atomic E-state index is 5.19. The minimum absolute atomic E-state index is 0.220. The van der Waals surface area contributed by atoms with Crippen LogP contribution < -0.4 is 15.4 Å². The number of anilines is 1. The Morgan fingerprint density at radius 2 is 2.00 bits per heavy atom. The monoisotopic (exact) mass is 336 g/mol. The first kappa shape index (κ1) is 16.4. The van der Waals surface area contributed by atoms with E-state index in [0.29, 0.717) is 27.1 Å². The maximum atomic E-state index is 5.19. The van der Waals surface area contributed by atoms with Gasteiger partial charge in [0.05, 0.1) is 7.11 Å². The summed E-state index contributed by atoms with van der Waals surface area (Å²) in [7, 11) is 1.55. The van der Waals surface area contributed by atoms with Gasteiger partial charge in [-0.05, 0) is 43.9 Å². The molecular weight excluding hydrogens is 320 g/mol. The highest BCUT2D eigenvalue weighted by Gasteiger charge is 2.09. The van der Waals surface area contributed by atoms with E-state index in [9.17, 15) is 0 Å². The second-order valence-corrected chi connectivity index (χ2v) is 5.85. The van der Waals surface area contributed by atoms with E-state index in [2.05, 4.69) is 30.6 Å². The fraction of sp³-hybridized carbons (Fsp3) is 0.308. The van der Waals surface area contributed by atoms with E-state index in [0.717, 1.165) is 0 Å². The van der Waals surface area contributed by atoms with Gasteiger partial charge in [0.2, 0.25) is 11.8 Å². The molecule has 0 spiro atoms. The minimum atomic E-state index is 0.220. The number of hydrogen-bond donors (Lipinski definition) is 2. The van der Waals surface area contributed by atoms with Gasteiger partial charge in [0, 0.05) is 24.5 Å². The fourth-order valence-electron chi connectivity index (χ4n) is 1.45. The van der Waals surface area contributed by atoms with Crippen molar-refractivity contribution in [1.29, 1.82) is 0 Å². The van der Waals surface area contributed by atoms with Crippen molar-refractivity contribution in [2.75, 3.05) is 12.4 Å². The molecule has 0 unspecified atom stereocenters. The third-order valence-corrected chi connectivity index (χ3v) is 3.30. The first-order valence-electron chi connectivity index (χ1n) is 6.52. The Balaban J connectivity index is 2.17. The molecule has 0 aromatic carbocycles. The molecule has 0 atom stereocenters.